The van der Waals surface area contributed by atoms with Gasteiger partial charge in [-0.2, -0.15) is 0 Å². The summed E-state index contributed by atoms with van der Waals surface area (Å²) in [5, 5.41) is 3.41. The average molecular weight is 296 g/mol. The highest BCUT2D eigenvalue weighted by molar-refractivity contribution is 5.22. The van der Waals surface area contributed by atoms with Crippen molar-refractivity contribution in [1.82, 2.24) is 10.2 Å². The van der Waals surface area contributed by atoms with Crippen LogP contribution in [0.5, 0.6) is 0 Å². The number of hydrogen-bond acceptors (Lipinski definition) is 2. The molecule has 0 heterocycles. The van der Waals surface area contributed by atoms with E-state index in [2.05, 4.69) is 24.3 Å². The molecule has 4 heteroatoms. The molecule has 0 bridgehead atoms. The predicted molar refractivity (Wildman–Crippen MR) is 82.3 cm³/mol. The molecule has 1 aliphatic rings. The lowest BCUT2D eigenvalue weighted by Gasteiger charge is -2.44. The fourth-order valence-corrected chi connectivity index (χ4v) is 3.29. The average Bonchev–Trinajstić information content (AvgIpc) is 2.48. The third-order valence-electron chi connectivity index (χ3n) is 4.89. The Hall–Kier alpha value is -1.00. The first-order valence-corrected chi connectivity index (χ1v) is 7.80. The number of halogens is 2. The highest BCUT2D eigenvalue weighted by atomic mass is 19.1. The van der Waals surface area contributed by atoms with E-state index in [0.29, 0.717) is 5.56 Å². The molecule has 118 valence electrons. The van der Waals surface area contributed by atoms with Crippen molar-refractivity contribution in [2.24, 2.45) is 0 Å². The summed E-state index contributed by atoms with van der Waals surface area (Å²) in [6, 6.07) is 3.45. The Labute approximate surface area is 126 Å². The minimum absolute atomic E-state index is 0.135. The summed E-state index contributed by atoms with van der Waals surface area (Å²) in [7, 11) is 4.22. The van der Waals surface area contributed by atoms with Gasteiger partial charge in [-0.15, -0.1) is 0 Å². The quantitative estimate of drug-likeness (QED) is 0.887. The zero-order valence-electron chi connectivity index (χ0n) is 13.3. The Balaban J connectivity index is 2.05. The Morgan fingerprint density at radius 2 is 1.86 bits per heavy atom. The van der Waals surface area contributed by atoms with Crippen molar-refractivity contribution < 1.29 is 8.78 Å². The van der Waals surface area contributed by atoms with Gasteiger partial charge in [-0.3, -0.25) is 0 Å². The molecule has 0 aromatic heterocycles. The van der Waals surface area contributed by atoms with Gasteiger partial charge in [0.2, 0.25) is 0 Å². The maximum atomic E-state index is 13.8. The lowest BCUT2D eigenvalue weighted by molar-refractivity contribution is 0.0957. The summed E-state index contributed by atoms with van der Waals surface area (Å²) in [6.07, 6.45) is 6.09. The first kappa shape index (κ1) is 16.4. The minimum atomic E-state index is -0.389. The van der Waals surface area contributed by atoms with Crippen LogP contribution in [0.2, 0.25) is 0 Å². The lowest BCUT2D eigenvalue weighted by Crippen LogP contribution is -2.53. The van der Waals surface area contributed by atoms with E-state index in [0.717, 1.165) is 25.5 Å². The molecule has 1 aromatic carbocycles. The molecule has 0 amide bonds. The van der Waals surface area contributed by atoms with Gasteiger partial charge in [0, 0.05) is 23.7 Å². The zero-order valence-corrected chi connectivity index (χ0v) is 13.3. The van der Waals surface area contributed by atoms with Crippen LogP contribution >= 0.6 is 0 Å². The SMILES string of the molecule is CC(NCC1(N(C)C)CCCCC1)c1cc(F)ccc1F. The molecule has 1 saturated carbocycles. The van der Waals surface area contributed by atoms with Gasteiger partial charge in [0.25, 0.3) is 0 Å². The van der Waals surface area contributed by atoms with E-state index in [-0.39, 0.29) is 23.2 Å². The van der Waals surface area contributed by atoms with Gasteiger partial charge in [-0.1, -0.05) is 19.3 Å². The molecular formula is C17H26F2N2. The summed E-state index contributed by atoms with van der Waals surface area (Å²) >= 11 is 0. The van der Waals surface area contributed by atoms with Gasteiger partial charge in [0.05, 0.1) is 0 Å². The molecular weight excluding hydrogens is 270 g/mol. The first-order chi connectivity index (χ1) is 9.94. The minimum Gasteiger partial charge on any atom is -0.308 e. The van der Waals surface area contributed by atoms with Gasteiger partial charge in [0.15, 0.2) is 0 Å². The number of benzene rings is 1. The molecule has 0 spiro atoms. The third-order valence-corrected chi connectivity index (χ3v) is 4.89. The van der Waals surface area contributed by atoms with E-state index >= 15 is 0 Å². The molecule has 2 rings (SSSR count). The molecule has 1 unspecified atom stereocenters. The second-order valence-electron chi connectivity index (χ2n) is 6.45. The van der Waals surface area contributed by atoms with Crippen molar-refractivity contribution in [3.63, 3.8) is 0 Å². The first-order valence-electron chi connectivity index (χ1n) is 7.80. The Morgan fingerprint density at radius 1 is 1.19 bits per heavy atom. The molecule has 2 nitrogen and oxygen atoms in total. The summed E-state index contributed by atoms with van der Waals surface area (Å²) < 4.78 is 27.1. The van der Waals surface area contributed by atoms with Gasteiger partial charge in [-0.05, 0) is 52.1 Å². The van der Waals surface area contributed by atoms with Crippen LogP contribution in [-0.4, -0.2) is 31.1 Å². The van der Waals surface area contributed by atoms with Crippen LogP contribution in [0.4, 0.5) is 8.78 Å². The summed E-state index contributed by atoms with van der Waals surface area (Å²) in [5.41, 5.74) is 0.538. The van der Waals surface area contributed by atoms with E-state index in [9.17, 15) is 8.78 Å². The van der Waals surface area contributed by atoms with Crippen molar-refractivity contribution in [3.05, 3.63) is 35.4 Å². The predicted octanol–water partition coefficient (Wildman–Crippen LogP) is 3.88. The smallest absolute Gasteiger partial charge is 0.128 e. The van der Waals surface area contributed by atoms with Gasteiger partial charge in [-0.25, -0.2) is 8.78 Å². The number of nitrogens with zero attached hydrogens (tertiary/aromatic N) is 1. The Kier molecular flexibility index (Phi) is 5.33. The molecule has 0 radical (unpaired) electrons. The topological polar surface area (TPSA) is 15.3 Å². The second-order valence-corrected chi connectivity index (χ2v) is 6.45. The van der Waals surface area contributed by atoms with Crippen molar-refractivity contribution in [1.29, 1.82) is 0 Å². The number of rotatable bonds is 5. The van der Waals surface area contributed by atoms with Gasteiger partial charge in [0.1, 0.15) is 11.6 Å². The number of hydrogen-bond donors (Lipinski definition) is 1. The van der Waals surface area contributed by atoms with E-state index in [1.54, 1.807) is 0 Å². The van der Waals surface area contributed by atoms with Crippen LogP contribution in [-0.2, 0) is 0 Å². The summed E-state index contributed by atoms with van der Waals surface area (Å²) in [6.45, 7) is 2.70. The van der Waals surface area contributed by atoms with E-state index in [1.807, 2.05) is 6.92 Å². The van der Waals surface area contributed by atoms with Gasteiger partial charge < -0.3 is 10.2 Å². The van der Waals surface area contributed by atoms with Crippen molar-refractivity contribution in [2.45, 2.75) is 50.6 Å². The second kappa shape index (κ2) is 6.84. The van der Waals surface area contributed by atoms with Crippen molar-refractivity contribution in [2.75, 3.05) is 20.6 Å². The van der Waals surface area contributed by atoms with Crippen LogP contribution < -0.4 is 5.32 Å². The highest BCUT2D eigenvalue weighted by Gasteiger charge is 2.34. The molecule has 1 N–H and O–H groups in total. The van der Waals surface area contributed by atoms with Crippen LogP contribution in [0.15, 0.2) is 18.2 Å². The van der Waals surface area contributed by atoms with Crippen LogP contribution in [0.25, 0.3) is 0 Å². The van der Waals surface area contributed by atoms with Crippen LogP contribution in [0.1, 0.15) is 50.6 Å². The van der Waals surface area contributed by atoms with E-state index in [4.69, 9.17) is 0 Å². The van der Waals surface area contributed by atoms with Crippen molar-refractivity contribution in [3.8, 4) is 0 Å². The molecule has 1 aromatic rings. The Morgan fingerprint density at radius 3 is 2.48 bits per heavy atom. The fraction of sp³-hybridized carbons (Fsp3) is 0.647. The van der Waals surface area contributed by atoms with Gasteiger partial charge >= 0.3 is 0 Å². The molecule has 21 heavy (non-hydrogen) atoms. The molecule has 1 aliphatic carbocycles. The van der Waals surface area contributed by atoms with Crippen molar-refractivity contribution >= 4 is 0 Å². The van der Waals surface area contributed by atoms with Crippen LogP contribution in [0, 0.1) is 11.6 Å². The summed E-state index contributed by atoms with van der Waals surface area (Å²) in [4.78, 5) is 2.29. The normalized spacial score (nSPS) is 19.7. The zero-order chi connectivity index (χ0) is 15.5. The lowest BCUT2D eigenvalue weighted by atomic mass is 9.80. The Bertz CT molecular complexity index is 468. The molecule has 0 aliphatic heterocycles. The third kappa shape index (κ3) is 3.80. The van der Waals surface area contributed by atoms with Crippen LogP contribution in [0.3, 0.4) is 0 Å². The fourth-order valence-electron chi connectivity index (χ4n) is 3.29. The van der Waals surface area contributed by atoms with E-state index in [1.165, 1.54) is 31.4 Å². The maximum Gasteiger partial charge on any atom is 0.128 e. The number of nitrogens with one attached hydrogen (secondary N) is 1. The maximum absolute atomic E-state index is 13.8. The molecule has 1 fully saturated rings. The highest BCUT2D eigenvalue weighted by Crippen LogP contribution is 2.32. The standard InChI is InChI=1S/C17H26F2N2/c1-13(15-11-14(18)7-8-16(15)19)20-12-17(21(2)3)9-5-4-6-10-17/h7-8,11,13,20H,4-6,9-10,12H2,1-3H3. The number of likely N-dealkylation sites (N-methyl/N-ethyl adjacent to an activating group) is 1. The van der Waals surface area contributed by atoms with E-state index < -0.39 is 0 Å². The summed E-state index contributed by atoms with van der Waals surface area (Å²) in [5.74, 6) is -0.737. The molecule has 1 atom stereocenters. The monoisotopic (exact) mass is 296 g/mol. The largest absolute Gasteiger partial charge is 0.308 e. The molecule has 0 saturated heterocycles.